The van der Waals surface area contributed by atoms with Crippen LogP contribution in [0.4, 0.5) is 0 Å². The molecule has 0 aliphatic carbocycles. The van der Waals surface area contributed by atoms with Crippen molar-refractivity contribution in [3.05, 3.63) is 0 Å². The third-order valence-corrected chi connectivity index (χ3v) is 1.03. The van der Waals surface area contributed by atoms with Crippen molar-refractivity contribution in [2.75, 3.05) is 0 Å². The van der Waals surface area contributed by atoms with Crippen molar-refractivity contribution in [3.63, 3.8) is 0 Å². The van der Waals surface area contributed by atoms with Crippen LogP contribution in [0.15, 0.2) is 4.99 Å². The lowest BCUT2D eigenvalue weighted by Crippen LogP contribution is -2.12. The number of ether oxygens (including phenoxy) is 1. The second kappa shape index (κ2) is 5.62. The molecule has 4 heteroatoms. The van der Waals surface area contributed by atoms with Gasteiger partial charge in [0.05, 0.1) is 0 Å². The first-order chi connectivity index (χ1) is 5.20. The van der Waals surface area contributed by atoms with Crippen LogP contribution in [0.2, 0.25) is 0 Å². The van der Waals surface area contributed by atoms with Crippen LogP contribution in [0.3, 0.4) is 0 Å². The number of aliphatic imine (C=N–C) groups is 1. The highest BCUT2D eigenvalue weighted by molar-refractivity contribution is 5.66. The third kappa shape index (κ3) is 5.30. The predicted octanol–water partition coefficient (Wildman–Crippen LogP) is 1.01. The van der Waals surface area contributed by atoms with E-state index in [2.05, 4.69) is 9.73 Å². The highest BCUT2D eigenvalue weighted by Gasteiger charge is 2.07. The van der Waals surface area contributed by atoms with Crippen molar-refractivity contribution in [1.82, 2.24) is 0 Å². The molecule has 0 aliphatic heterocycles. The van der Waals surface area contributed by atoms with Crippen LogP contribution in [0.25, 0.3) is 0 Å². The zero-order chi connectivity index (χ0) is 8.69. The van der Waals surface area contributed by atoms with Gasteiger partial charge in [-0.15, -0.1) is 0 Å². The minimum atomic E-state index is -0.644. The van der Waals surface area contributed by atoms with Gasteiger partial charge in [-0.25, -0.2) is 4.79 Å². The van der Waals surface area contributed by atoms with Gasteiger partial charge in [-0.05, 0) is 0 Å². The first kappa shape index (κ1) is 9.85. The molecule has 0 heterocycles. The van der Waals surface area contributed by atoms with Crippen LogP contribution in [0, 0.1) is 0 Å². The Kier molecular flexibility index (Phi) is 5.03. The molecule has 0 aromatic carbocycles. The van der Waals surface area contributed by atoms with Gasteiger partial charge in [-0.3, -0.25) is 4.79 Å². The van der Waals surface area contributed by atoms with Crippen LogP contribution >= 0.6 is 0 Å². The standard InChI is InChI=1S/C7H11NO3/c1-3-4-7(8-5-9)11-6(2)10/h7H,3-4H2,1-2H3. The van der Waals surface area contributed by atoms with Gasteiger partial charge in [0.2, 0.25) is 12.3 Å². The molecule has 0 N–H and O–H groups in total. The van der Waals surface area contributed by atoms with Crippen molar-refractivity contribution in [3.8, 4) is 0 Å². The summed E-state index contributed by atoms with van der Waals surface area (Å²) in [4.78, 5) is 23.5. The highest BCUT2D eigenvalue weighted by Crippen LogP contribution is 2.02. The maximum Gasteiger partial charge on any atom is 0.304 e. The SMILES string of the molecule is CCCC(N=C=O)OC(C)=O. The fraction of sp³-hybridized carbons (Fsp3) is 0.714. The van der Waals surface area contributed by atoms with E-state index in [9.17, 15) is 9.59 Å². The van der Waals surface area contributed by atoms with Crippen molar-refractivity contribution in [2.45, 2.75) is 32.9 Å². The molecule has 0 radical (unpaired) electrons. The number of hydrogen-bond donors (Lipinski definition) is 0. The summed E-state index contributed by atoms with van der Waals surface area (Å²) in [6.45, 7) is 3.19. The average Bonchev–Trinajstić information content (AvgIpc) is 1.87. The van der Waals surface area contributed by atoms with E-state index in [1.165, 1.54) is 13.0 Å². The van der Waals surface area contributed by atoms with Gasteiger partial charge in [0.25, 0.3) is 0 Å². The largest absolute Gasteiger partial charge is 0.439 e. The van der Waals surface area contributed by atoms with Gasteiger partial charge in [-0.2, -0.15) is 4.99 Å². The van der Waals surface area contributed by atoms with E-state index in [1.54, 1.807) is 0 Å². The summed E-state index contributed by atoms with van der Waals surface area (Å²) in [6.07, 6.45) is 2.09. The van der Waals surface area contributed by atoms with Gasteiger partial charge in [0.15, 0.2) is 0 Å². The summed E-state index contributed by atoms with van der Waals surface area (Å²) in [5.74, 6) is -0.428. The molecule has 0 fully saturated rings. The smallest absolute Gasteiger partial charge is 0.304 e. The number of nitrogens with zero attached hydrogens (tertiary/aromatic N) is 1. The Morgan fingerprint density at radius 1 is 1.73 bits per heavy atom. The lowest BCUT2D eigenvalue weighted by molar-refractivity contribution is -0.146. The Hall–Kier alpha value is -1.15. The monoisotopic (exact) mass is 157 g/mol. The molecular formula is C7H11NO3. The number of esters is 1. The zero-order valence-electron chi connectivity index (χ0n) is 6.66. The third-order valence-electron chi connectivity index (χ3n) is 1.03. The first-order valence-electron chi connectivity index (χ1n) is 3.45. The second-order valence-electron chi connectivity index (χ2n) is 2.07. The fourth-order valence-corrected chi connectivity index (χ4v) is 0.647. The average molecular weight is 157 g/mol. The van der Waals surface area contributed by atoms with Gasteiger partial charge in [-0.1, -0.05) is 13.3 Å². The van der Waals surface area contributed by atoms with Crippen LogP contribution in [-0.2, 0) is 14.3 Å². The van der Waals surface area contributed by atoms with Gasteiger partial charge in [0.1, 0.15) is 0 Å². The quantitative estimate of drug-likeness (QED) is 0.347. The molecule has 0 aromatic rings. The highest BCUT2D eigenvalue weighted by atomic mass is 16.6. The molecule has 1 atom stereocenters. The molecule has 4 nitrogen and oxygen atoms in total. The van der Waals surface area contributed by atoms with E-state index < -0.39 is 12.2 Å². The number of carbonyl (C=O) groups excluding carboxylic acids is 2. The number of isocyanates is 1. The van der Waals surface area contributed by atoms with Crippen molar-refractivity contribution in [1.29, 1.82) is 0 Å². The molecule has 0 spiro atoms. The molecule has 0 bridgehead atoms. The van der Waals surface area contributed by atoms with Crippen LogP contribution in [0.5, 0.6) is 0 Å². The first-order valence-corrected chi connectivity index (χ1v) is 3.45. The Labute approximate surface area is 65.3 Å². The molecular weight excluding hydrogens is 146 g/mol. The summed E-state index contributed by atoms with van der Waals surface area (Å²) in [5, 5.41) is 0. The summed E-state index contributed by atoms with van der Waals surface area (Å²) in [7, 11) is 0. The minimum Gasteiger partial charge on any atom is -0.439 e. The van der Waals surface area contributed by atoms with Crippen LogP contribution < -0.4 is 0 Å². The number of carbonyl (C=O) groups is 1. The number of rotatable bonds is 4. The topological polar surface area (TPSA) is 55.7 Å². The van der Waals surface area contributed by atoms with E-state index in [0.29, 0.717) is 6.42 Å². The van der Waals surface area contributed by atoms with E-state index in [-0.39, 0.29) is 0 Å². The van der Waals surface area contributed by atoms with Gasteiger partial charge in [0, 0.05) is 13.3 Å². The van der Waals surface area contributed by atoms with Gasteiger partial charge >= 0.3 is 5.97 Å². The number of hydrogen-bond acceptors (Lipinski definition) is 4. The van der Waals surface area contributed by atoms with Crippen LogP contribution in [-0.4, -0.2) is 18.3 Å². The molecule has 62 valence electrons. The maximum absolute atomic E-state index is 10.4. The van der Waals surface area contributed by atoms with Crippen molar-refractivity contribution < 1.29 is 14.3 Å². The summed E-state index contributed by atoms with van der Waals surface area (Å²) < 4.78 is 4.66. The molecule has 0 aliphatic rings. The fourth-order valence-electron chi connectivity index (χ4n) is 0.647. The predicted molar refractivity (Wildman–Crippen MR) is 38.6 cm³/mol. The second-order valence-corrected chi connectivity index (χ2v) is 2.07. The van der Waals surface area contributed by atoms with E-state index >= 15 is 0 Å². The van der Waals surface area contributed by atoms with Crippen LogP contribution in [0.1, 0.15) is 26.7 Å². The zero-order valence-corrected chi connectivity index (χ0v) is 6.66. The molecule has 1 unspecified atom stereocenters. The van der Waals surface area contributed by atoms with Gasteiger partial charge < -0.3 is 4.74 Å². The van der Waals surface area contributed by atoms with Crippen molar-refractivity contribution in [2.24, 2.45) is 4.99 Å². The maximum atomic E-state index is 10.4. The molecule has 0 saturated carbocycles. The lowest BCUT2D eigenvalue weighted by atomic mass is 10.3. The summed E-state index contributed by atoms with van der Waals surface area (Å²) in [6, 6.07) is 0. The Morgan fingerprint density at radius 3 is 2.73 bits per heavy atom. The molecule has 0 aromatic heterocycles. The molecule has 0 rings (SSSR count). The summed E-state index contributed by atoms with van der Waals surface area (Å²) >= 11 is 0. The van der Waals surface area contributed by atoms with Crippen molar-refractivity contribution >= 4 is 12.0 Å². The normalized spacial score (nSPS) is 11.5. The Morgan fingerprint density at radius 2 is 2.36 bits per heavy atom. The molecule has 11 heavy (non-hydrogen) atoms. The van der Waals surface area contributed by atoms with E-state index in [0.717, 1.165) is 6.42 Å². The molecule has 0 saturated heterocycles. The van der Waals surface area contributed by atoms with E-state index in [4.69, 9.17) is 0 Å². The Balaban J connectivity index is 3.88. The van der Waals surface area contributed by atoms with E-state index in [1.807, 2.05) is 6.92 Å². The summed E-state index contributed by atoms with van der Waals surface area (Å²) in [5.41, 5.74) is 0. The lowest BCUT2D eigenvalue weighted by Gasteiger charge is -2.07. The minimum absolute atomic E-state index is 0.428. The molecule has 0 amide bonds. The Bertz CT molecular complexity index is 173.